The molecule has 0 heterocycles. The van der Waals surface area contributed by atoms with Crippen molar-refractivity contribution in [3.63, 3.8) is 0 Å². The van der Waals surface area contributed by atoms with Gasteiger partial charge in [0.2, 0.25) is 0 Å². The van der Waals surface area contributed by atoms with Gasteiger partial charge in [0.25, 0.3) is 0 Å². The van der Waals surface area contributed by atoms with Gasteiger partial charge in [-0.3, -0.25) is 4.79 Å². The molecule has 0 amide bonds. The highest BCUT2D eigenvalue weighted by molar-refractivity contribution is 5.96. The van der Waals surface area contributed by atoms with E-state index in [4.69, 9.17) is 0 Å². The van der Waals surface area contributed by atoms with Crippen molar-refractivity contribution >= 4 is 5.78 Å². The average molecular weight is 312 g/mol. The summed E-state index contributed by atoms with van der Waals surface area (Å²) in [5, 5.41) is 0. The lowest BCUT2D eigenvalue weighted by molar-refractivity contribution is 0.0406. The molecule has 3 rings (SSSR count). The van der Waals surface area contributed by atoms with Crippen molar-refractivity contribution in [3.8, 4) is 0 Å². The fourth-order valence-corrected chi connectivity index (χ4v) is 5.64. The minimum atomic E-state index is 0.220. The fraction of sp³-hybridized carbons (Fsp3) is 0.682. The largest absolute Gasteiger partial charge is 0.295 e. The number of rotatable bonds is 2. The van der Waals surface area contributed by atoms with E-state index in [9.17, 15) is 4.79 Å². The molecule has 1 aromatic rings. The van der Waals surface area contributed by atoms with Crippen LogP contribution >= 0.6 is 0 Å². The van der Waals surface area contributed by atoms with Crippen molar-refractivity contribution in [1.82, 2.24) is 0 Å². The molecule has 126 valence electrons. The summed E-state index contributed by atoms with van der Waals surface area (Å²) in [5.74, 6) is 1.37. The molecule has 0 aromatic heterocycles. The summed E-state index contributed by atoms with van der Waals surface area (Å²) >= 11 is 0. The second-order valence-electron chi connectivity index (χ2n) is 9.16. The summed E-state index contributed by atoms with van der Waals surface area (Å²) in [4.78, 5) is 12.2. The van der Waals surface area contributed by atoms with Crippen molar-refractivity contribution in [3.05, 3.63) is 34.4 Å². The number of ketones is 1. The number of Topliss-reactive ketones (excluding diaryl/α,β-unsaturated/α-hetero) is 1. The second kappa shape index (κ2) is 5.46. The molecule has 1 aromatic carbocycles. The predicted octanol–water partition coefficient (Wildman–Crippen LogP) is 6.04. The second-order valence-corrected chi connectivity index (χ2v) is 9.16. The normalized spacial score (nSPS) is 29.1. The first-order chi connectivity index (χ1) is 10.7. The van der Waals surface area contributed by atoms with Gasteiger partial charge < -0.3 is 0 Å². The molecule has 1 heteroatoms. The van der Waals surface area contributed by atoms with Crippen LogP contribution in [0, 0.1) is 11.3 Å². The molecular weight excluding hydrogens is 280 g/mol. The van der Waals surface area contributed by atoms with Gasteiger partial charge in [0, 0.05) is 5.56 Å². The number of hydrogen-bond donors (Lipinski definition) is 0. The molecular formula is C22H32O. The van der Waals surface area contributed by atoms with Crippen molar-refractivity contribution in [1.29, 1.82) is 0 Å². The molecule has 1 nitrogen and oxygen atoms in total. The first kappa shape index (κ1) is 16.7. The van der Waals surface area contributed by atoms with Crippen LogP contribution in [-0.2, 0) is 11.8 Å². The Balaban J connectivity index is 2.18. The molecule has 1 fully saturated rings. The van der Waals surface area contributed by atoms with Gasteiger partial charge in [0.05, 0.1) is 0 Å². The molecule has 0 N–H and O–H groups in total. The van der Waals surface area contributed by atoms with E-state index in [1.165, 1.54) is 48.8 Å². The summed E-state index contributed by atoms with van der Waals surface area (Å²) < 4.78 is 0. The smallest absolute Gasteiger partial charge is 0.160 e. The van der Waals surface area contributed by atoms with Gasteiger partial charge in [-0.15, -0.1) is 0 Å². The molecule has 0 saturated heterocycles. The molecule has 2 aliphatic rings. The van der Waals surface area contributed by atoms with Gasteiger partial charge >= 0.3 is 0 Å². The number of benzene rings is 1. The van der Waals surface area contributed by atoms with Gasteiger partial charge in [-0.05, 0) is 78.0 Å². The number of carbonyl (C=O) groups excluding carboxylic acids is 1. The van der Waals surface area contributed by atoms with Crippen molar-refractivity contribution < 1.29 is 4.79 Å². The number of aryl methyl sites for hydroxylation is 1. The summed E-state index contributed by atoms with van der Waals surface area (Å²) in [6.07, 6.45) is 6.39. The molecule has 2 atom stereocenters. The Morgan fingerprint density at radius 3 is 2.48 bits per heavy atom. The van der Waals surface area contributed by atoms with E-state index in [1.54, 1.807) is 6.92 Å². The quantitative estimate of drug-likeness (QED) is 0.608. The van der Waals surface area contributed by atoms with Crippen LogP contribution in [0.4, 0.5) is 0 Å². The van der Waals surface area contributed by atoms with E-state index in [2.05, 4.69) is 46.8 Å². The highest BCUT2D eigenvalue weighted by atomic mass is 16.1. The Hall–Kier alpha value is -1.11. The molecule has 2 aliphatic carbocycles. The molecule has 23 heavy (non-hydrogen) atoms. The lowest BCUT2D eigenvalue weighted by atomic mass is 9.50. The van der Waals surface area contributed by atoms with Gasteiger partial charge in [-0.2, -0.15) is 0 Å². The Morgan fingerprint density at radius 1 is 1.17 bits per heavy atom. The van der Waals surface area contributed by atoms with E-state index in [-0.39, 0.29) is 11.2 Å². The summed E-state index contributed by atoms with van der Waals surface area (Å²) in [6.45, 7) is 13.5. The van der Waals surface area contributed by atoms with Crippen molar-refractivity contribution in [2.75, 3.05) is 0 Å². The Bertz CT molecular complexity index is 638. The lowest BCUT2D eigenvalue weighted by Gasteiger charge is -2.54. The number of fused-ring (bicyclic) bond motifs is 3. The van der Waals surface area contributed by atoms with Crippen LogP contribution in [0.3, 0.4) is 0 Å². The lowest BCUT2D eigenvalue weighted by Crippen LogP contribution is -2.48. The predicted molar refractivity (Wildman–Crippen MR) is 97.3 cm³/mol. The van der Waals surface area contributed by atoms with Crippen LogP contribution < -0.4 is 0 Å². The topological polar surface area (TPSA) is 17.1 Å². The minimum Gasteiger partial charge on any atom is -0.295 e. The van der Waals surface area contributed by atoms with E-state index in [0.29, 0.717) is 11.3 Å². The third kappa shape index (κ3) is 2.57. The van der Waals surface area contributed by atoms with E-state index in [0.717, 1.165) is 11.5 Å². The highest BCUT2D eigenvalue weighted by Gasteiger charge is 2.49. The summed E-state index contributed by atoms with van der Waals surface area (Å²) in [7, 11) is 0. The van der Waals surface area contributed by atoms with Crippen LogP contribution in [0.2, 0.25) is 0 Å². The Kier molecular flexibility index (Phi) is 3.98. The first-order valence-corrected chi connectivity index (χ1v) is 9.35. The van der Waals surface area contributed by atoms with Crippen LogP contribution in [0.15, 0.2) is 12.1 Å². The monoisotopic (exact) mass is 312 g/mol. The maximum atomic E-state index is 12.2. The van der Waals surface area contributed by atoms with E-state index >= 15 is 0 Å². The Labute approximate surface area is 141 Å². The zero-order chi connectivity index (χ0) is 17.0. The van der Waals surface area contributed by atoms with Crippen molar-refractivity contribution in [2.24, 2.45) is 11.3 Å². The zero-order valence-electron chi connectivity index (χ0n) is 15.8. The third-order valence-electron chi connectivity index (χ3n) is 6.82. The molecule has 0 bridgehead atoms. The van der Waals surface area contributed by atoms with E-state index in [1.807, 2.05) is 0 Å². The SMILES string of the molecule is CC(=O)c1cc2c(cc1C(C)C)CC[C@H]1C(C)(C)CCC[C@]21C. The van der Waals surface area contributed by atoms with Crippen LogP contribution in [0.5, 0.6) is 0 Å². The molecule has 0 spiro atoms. The van der Waals surface area contributed by atoms with E-state index < -0.39 is 0 Å². The van der Waals surface area contributed by atoms with Crippen LogP contribution in [0.25, 0.3) is 0 Å². The van der Waals surface area contributed by atoms with Crippen LogP contribution in [0.1, 0.15) is 100 Å². The first-order valence-electron chi connectivity index (χ1n) is 9.35. The van der Waals surface area contributed by atoms with Gasteiger partial charge in [-0.1, -0.05) is 47.1 Å². The fourth-order valence-electron chi connectivity index (χ4n) is 5.64. The number of hydrogen-bond acceptors (Lipinski definition) is 1. The molecule has 1 saturated carbocycles. The summed E-state index contributed by atoms with van der Waals surface area (Å²) in [5.41, 5.74) is 5.86. The Morgan fingerprint density at radius 2 is 1.87 bits per heavy atom. The standard InChI is InChI=1S/C22H32O/c1-14(2)17-12-16-8-9-20-21(4,5)10-7-11-22(20,6)19(16)13-18(17)15(3)23/h12-14,20H,7-11H2,1-6H3/t20-,22+/m0/s1. The maximum Gasteiger partial charge on any atom is 0.160 e. The maximum absolute atomic E-state index is 12.2. The van der Waals surface area contributed by atoms with Gasteiger partial charge in [0.15, 0.2) is 5.78 Å². The van der Waals surface area contributed by atoms with Crippen LogP contribution in [-0.4, -0.2) is 5.78 Å². The van der Waals surface area contributed by atoms with Gasteiger partial charge in [-0.25, -0.2) is 0 Å². The highest BCUT2D eigenvalue weighted by Crippen LogP contribution is 2.57. The van der Waals surface area contributed by atoms with Crippen molar-refractivity contribution in [2.45, 2.75) is 85.0 Å². The third-order valence-corrected chi connectivity index (χ3v) is 6.82. The average Bonchev–Trinajstić information content (AvgIpc) is 2.44. The van der Waals surface area contributed by atoms with Gasteiger partial charge in [0.1, 0.15) is 0 Å². The number of carbonyl (C=O) groups is 1. The molecule has 0 unspecified atom stereocenters. The summed E-state index contributed by atoms with van der Waals surface area (Å²) in [6, 6.07) is 4.64. The molecule has 0 radical (unpaired) electrons. The zero-order valence-corrected chi connectivity index (χ0v) is 15.8. The minimum absolute atomic E-state index is 0.220. The molecule has 0 aliphatic heterocycles.